The zero-order chi connectivity index (χ0) is 14.4. The van der Waals surface area contributed by atoms with E-state index in [1.807, 2.05) is 60.7 Å². The number of hydrogen-bond donors (Lipinski definition) is 1. The van der Waals surface area contributed by atoms with Crippen LogP contribution in [0.4, 0.5) is 0 Å². The van der Waals surface area contributed by atoms with Gasteiger partial charge in [-0.1, -0.05) is 67.2 Å². The van der Waals surface area contributed by atoms with E-state index in [9.17, 15) is 4.79 Å². The highest BCUT2D eigenvalue weighted by molar-refractivity contribution is 5.85. The Bertz CT molecular complexity index is 537. The van der Waals surface area contributed by atoms with Crippen molar-refractivity contribution in [3.8, 4) is 0 Å². The first-order chi connectivity index (χ1) is 9.66. The van der Waals surface area contributed by atoms with Gasteiger partial charge in [-0.2, -0.15) is 0 Å². The van der Waals surface area contributed by atoms with E-state index in [1.165, 1.54) is 0 Å². The van der Waals surface area contributed by atoms with Crippen LogP contribution < -0.4 is 0 Å². The summed E-state index contributed by atoms with van der Waals surface area (Å²) in [6, 6.07) is 19.6. The average molecular weight is 267 g/mol. The Balaban J connectivity index is 2.17. The first kappa shape index (κ1) is 13.9. The van der Waals surface area contributed by atoms with Crippen LogP contribution in [-0.4, -0.2) is 16.0 Å². The van der Waals surface area contributed by atoms with Crippen molar-refractivity contribution in [2.45, 2.75) is 13.1 Å². The Morgan fingerprint density at radius 3 is 1.65 bits per heavy atom. The third-order valence-corrected chi connectivity index (χ3v) is 3.06. The maximum Gasteiger partial charge on any atom is 0.351 e. The van der Waals surface area contributed by atoms with Gasteiger partial charge in [0.25, 0.3) is 0 Å². The number of rotatable bonds is 6. The van der Waals surface area contributed by atoms with E-state index in [4.69, 9.17) is 5.11 Å². The van der Waals surface area contributed by atoms with Gasteiger partial charge in [-0.15, -0.1) is 0 Å². The fourth-order valence-electron chi connectivity index (χ4n) is 1.99. The fourth-order valence-corrected chi connectivity index (χ4v) is 1.99. The highest BCUT2D eigenvalue weighted by atomic mass is 16.4. The van der Waals surface area contributed by atoms with Crippen molar-refractivity contribution in [3.05, 3.63) is 84.1 Å². The van der Waals surface area contributed by atoms with Gasteiger partial charge in [-0.05, 0) is 11.1 Å². The number of carboxylic acids is 1. The van der Waals surface area contributed by atoms with Gasteiger partial charge >= 0.3 is 5.97 Å². The predicted molar refractivity (Wildman–Crippen MR) is 78.9 cm³/mol. The quantitative estimate of drug-likeness (QED) is 0.816. The van der Waals surface area contributed by atoms with E-state index in [0.717, 1.165) is 11.1 Å². The summed E-state index contributed by atoms with van der Waals surface area (Å²) in [6.07, 6.45) is 0. The molecule has 0 aliphatic rings. The Labute approximate surface area is 118 Å². The van der Waals surface area contributed by atoms with Crippen molar-refractivity contribution in [2.75, 3.05) is 0 Å². The second-order valence-corrected chi connectivity index (χ2v) is 4.58. The summed E-state index contributed by atoms with van der Waals surface area (Å²) in [5.41, 5.74) is 2.23. The van der Waals surface area contributed by atoms with Crippen LogP contribution in [-0.2, 0) is 17.9 Å². The van der Waals surface area contributed by atoms with E-state index in [2.05, 4.69) is 6.58 Å². The van der Waals surface area contributed by atoms with Gasteiger partial charge in [0.2, 0.25) is 0 Å². The van der Waals surface area contributed by atoms with Crippen molar-refractivity contribution >= 4 is 5.97 Å². The van der Waals surface area contributed by atoms with Crippen LogP contribution in [0.2, 0.25) is 0 Å². The molecule has 1 N–H and O–H groups in total. The third kappa shape index (κ3) is 3.72. The van der Waals surface area contributed by atoms with Crippen molar-refractivity contribution in [2.24, 2.45) is 0 Å². The van der Waals surface area contributed by atoms with Gasteiger partial charge in [-0.25, -0.2) is 4.79 Å². The van der Waals surface area contributed by atoms with Gasteiger partial charge in [0.1, 0.15) is 5.70 Å². The molecular formula is C17H17NO2. The number of carboxylic acid groups (broad SMARTS) is 1. The minimum absolute atomic E-state index is 0.109. The van der Waals surface area contributed by atoms with E-state index in [1.54, 1.807) is 4.90 Å². The lowest BCUT2D eigenvalue weighted by atomic mass is 10.1. The van der Waals surface area contributed by atoms with Crippen LogP contribution in [0.5, 0.6) is 0 Å². The topological polar surface area (TPSA) is 40.5 Å². The smallest absolute Gasteiger partial charge is 0.351 e. The molecule has 3 heteroatoms. The molecule has 2 aromatic rings. The predicted octanol–water partition coefficient (Wildman–Crippen LogP) is 3.29. The molecule has 0 saturated heterocycles. The molecule has 3 nitrogen and oxygen atoms in total. The van der Waals surface area contributed by atoms with E-state index in [0.29, 0.717) is 13.1 Å². The largest absolute Gasteiger partial charge is 0.477 e. The molecule has 0 saturated carbocycles. The van der Waals surface area contributed by atoms with Gasteiger partial charge in [0.15, 0.2) is 0 Å². The van der Waals surface area contributed by atoms with Crippen molar-refractivity contribution in [3.63, 3.8) is 0 Å². The molecule has 2 aromatic carbocycles. The number of nitrogens with zero attached hydrogens (tertiary/aromatic N) is 1. The zero-order valence-electron chi connectivity index (χ0n) is 11.2. The van der Waals surface area contributed by atoms with Gasteiger partial charge in [-0.3, -0.25) is 0 Å². The first-order valence-electron chi connectivity index (χ1n) is 6.42. The second-order valence-electron chi connectivity index (χ2n) is 4.58. The summed E-state index contributed by atoms with van der Waals surface area (Å²) in [5, 5.41) is 9.17. The molecule has 0 aromatic heterocycles. The molecule has 0 amide bonds. The van der Waals surface area contributed by atoms with Crippen LogP contribution in [0.15, 0.2) is 72.9 Å². The average Bonchev–Trinajstić information content (AvgIpc) is 2.48. The molecule has 20 heavy (non-hydrogen) atoms. The molecule has 0 unspecified atom stereocenters. The van der Waals surface area contributed by atoms with Crippen LogP contribution in [0.3, 0.4) is 0 Å². The molecule has 0 aliphatic carbocycles. The maximum atomic E-state index is 11.2. The Morgan fingerprint density at radius 1 is 0.900 bits per heavy atom. The summed E-state index contributed by atoms with van der Waals surface area (Å²) in [4.78, 5) is 13.0. The molecule has 0 heterocycles. The van der Waals surface area contributed by atoms with E-state index < -0.39 is 5.97 Å². The van der Waals surface area contributed by atoms with Gasteiger partial charge < -0.3 is 10.0 Å². The lowest BCUT2D eigenvalue weighted by Gasteiger charge is -2.24. The minimum Gasteiger partial charge on any atom is -0.477 e. The molecule has 102 valence electrons. The molecule has 0 aliphatic heterocycles. The van der Waals surface area contributed by atoms with Crippen LogP contribution >= 0.6 is 0 Å². The molecule has 0 bridgehead atoms. The number of benzene rings is 2. The number of carbonyl (C=O) groups is 1. The molecule has 0 radical (unpaired) electrons. The Hall–Kier alpha value is -2.55. The highest BCUT2D eigenvalue weighted by Gasteiger charge is 2.15. The molecular weight excluding hydrogens is 250 g/mol. The molecule has 2 rings (SSSR count). The monoisotopic (exact) mass is 267 g/mol. The minimum atomic E-state index is -0.989. The number of aliphatic carboxylic acids is 1. The van der Waals surface area contributed by atoms with Crippen molar-refractivity contribution < 1.29 is 9.90 Å². The summed E-state index contributed by atoms with van der Waals surface area (Å²) >= 11 is 0. The summed E-state index contributed by atoms with van der Waals surface area (Å²) in [7, 11) is 0. The zero-order valence-corrected chi connectivity index (χ0v) is 11.2. The lowest BCUT2D eigenvalue weighted by Crippen LogP contribution is -2.26. The van der Waals surface area contributed by atoms with Gasteiger partial charge in [0, 0.05) is 13.1 Å². The van der Waals surface area contributed by atoms with Gasteiger partial charge in [0.05, 0.1) is 0 Å². The van der Waals surface area contributed by atoms with E-state index in [-0.39, 0.29) is 5.70 Å². The Kier molecular flexibility index (Phi) is 4.56. The SMILES string of the molecule is C=C(C(=O)O)N(Cc1ccccc1)Cc1ccccc1. The van der Waals surface area contributed by atoms with Crippen molar-refractivity contribution in [1.29, 1.82) is 0 Å². The number of hydrogen-bond acceptors (Lipinski definition) is 2. The normalized spacial score (nSPS) is 10.0. The van der Waals surface area contributed by atoms with Crippen molar-refractivity contribution in [1.82, 2.24) is 4.90 Å². The first-order valence-corrected chi connectivity index (χ1v) is 6.42. The van der Waals surface area contributed by atoms with Crippen LogP contribution in [0.25, 0.3) is 0 Å². The lowest BCUT2D eigenvalue weighted by molar-refractivity contribution is -0.134. The van der Waals surface area contributed by atoms with Crippen LogP contribution in [0, 0.1) is 0 Å². The Morgan fingerprint density at radius 2 is 1.30 bits per heavy atom. The van der Waals surface area contributed by atoms with Crippen LogP contribution in [0.1, 0.15) is 11.1 Å². The molecule has 0 spiro atoms. The summed E-state index contributed by atoms with van der Waals surface area (Å²) < 4.78 is 0. The highest BCUT2D eigenvalue weighted by Crippen LogP contribution is 2.14. The maximum absolute atomic E-state index is 11.2. The summed E-state index contributed by atoms with van der Waals surface area (Å²) in [6.45, 7) is 4.73. The van der Waals surface area contributed by atoms with E-state index >= 15 is 0 Å². The summed E-state index contributed by atoms with van der Waals surface area (Å²) in [5.74, 6) is -0.989. The standard InChI is InChI=1S/C17H17NO2/c1-14(17(19)20)18(12-15-8-4-2-5-9-15)13-16-10-6-3-7-11-16/h2-11H,1,12-13H2,(H,19,20). The molecule has 0 atom stereocenters. The fraction of sp³-hybridized carbons (Fsp3) is 0.118. The second kappa shape index (κ2) is 6.57. The third-order valence-electron chi connectivity index (χ3n) is 3.06. The molecule has 0 fully saturated rings.